The van der Waals surface area contributed by atoms with Crippen LogP contribution in [0.2, 0.25) is 0 Å². The van der Waals surface area contributed by atoms with E-state index in [0.29, 0.717) is 18.4 Å². The van der Waals surface area contributed by atoms with Crippen molar-refractivity contribution < 1.29 is 49.0 Å². The van der Waals surface area contributed by atoms with Gasteiger partial charge in [-0.1, -0.05) is 30.3 Å². The fraction of sp³-hybridized carbons (Fsp3) is 0.429. The lowest BCUT2D eigenvalue weighted by Crippen LogP contribution is -2.59. The summed E-state index contributed by atoms with van der Waals surface area (Å²) >= 11 is 0. The first-order valence-corrected chi connectivity index (χ1v) is 12.3. The summed E-state index contributed by atoms with van der Waals surface area (Å²) in [5.41, 5.74) is 2.65. The van der Waals surface area contributed by atoms with Crippen molar-refractivity contribution in [1.29, 1.82) is 0 Å². The quantitative estimate of drug-likeness (QED) is 0.265. The molecule has 38 heavy (non-hydrogen) atoms. The molecular weight excluding hydrogens is 496 g/mol. The predicted octanol–water partition coefficient (Wildman–Crippen LogP) is 1.89. The number of hydrogen-bond acceptors (Lipinski definition) is 10. The lowest BCUT2D eigenvalue weighted by Gasteiger charge is -2.40. The summed E-state index contributed by atoms with van der Waals surface area (Å²) < 4.78 is 21.2. The van der Waals surface area contributed by atoms with Gasteiger partial charge in [-0.05, 0) is 61.1 Å². The number of phenolic OH excluding ortho intramolecular Hbond substituents is 1. The molecule has 3 rings (SSSR count). The number of aryl methyl sites for hydroxylation is 1. The van der Waals surface area contributed by atoms with Gasteiger partial charge in [-0.2, -0.15) is 0 Å². The Morgan fingerprint density at radius 2 is 1.74 bits per heavy atom. The minimum atomic E-state index is -1.63. The second-order valence-electron chi connectivity index (χ2n) is 9.06. The molecule has 0 saturated carbocycles. The van der Waals surface area contributed by atoms with E-state index in [4.69, 9.17) is 18.9 Å². The molecule has 2 aromatic carbocycles. The van der Waals surface area contributed by atoms with Gasteiger partial charge in [0.15, 0.2) is 30.0 Å². The molecule has 0 amide bonds. The van der Waals surface area contributed by atoms with E-state index in [-0.39, 0.29) is 30.1 Å². The van der Waals surface area contributed by atoms with Crippen molar-refractivity contribution in [2.45, 2.75) is 63.8 Å². The number of benzene rings is 2. The number of esters is 2. The second-order valence-corrected chi connectivity index (χ2v) is 9.06. The smallest absolute Gasteiger partial charge is 0.334 e. The molecule has 0 aromatic heterocycles. The summed E-state index contributed by atoms with van der Waals surface area (Å²) in [5, 5.41) is 40.1. The summed E-state index contributed by atoms with van der Waals surface area (Å²) in [7, 11) is 1.41. The summed E-state index contributed by atoms with van der Waals surface area (Å²) in [5.74, 6) is -1.38. The van der Waals surface area contributed by atoms with E-state index in [0.717, 1.165) is 18.1 Å². The maximum atomic E-state index is 13.4. The van der Waals surface area contributed by atoms with Gasteiger partial charge in [0.25, 0.3) is 0 Å². The van der Waals surface area contributed by atoms with E-state index in [1.165, 1.54) is 20.1 Å². The van der Waals surface area contributed by atoms with Crippen LogP contribution >= 0.6 is 0 Å². The van der Waals surface area contributed by atoms with Gasteiger partial charge in [0.05, 0.1) is 13.2 Å². The normalized spacial score (nSPS) is 23.5. The molecule has 1 aliphatic rings. The third-order valence-electron chi connectivity index (χ3n) is 6.20. The first-order valence-electron chi connectivity index (χ1n) is 12.3. The summed E-state index contributed by atoms with van der Waals surface area (Å²) in [6.07, 6.45) is -3.88. The number of aliphatic hydroxyl groups is 3. The van der Waals surface area contributed by atoms with Crippen LogP contribution in [0.1, 0.15) is 37.0 Å². The van der Waals surface area contributed by atoms with E-state index in [1.807, 2.05) is 24.3 Å². The summed E-state index contributed by atoms with van der Waals surface area (Å²) in [4.78, 5) is 25.0. The first kappa shape index (κ1) is 29.1. The van der Waals surface area contributed by atoms with Gasteiger partial charge in [-0.25, -0.2) is 4.79 Å². The second kappa shape index (κ2) is 13.4. The Hall–Kier alpha value is -3.44. The lowest BCUT2D eigenvalue weighted by molar-refractivity contribution is -0.284. The molecule has 0 radical (unpaired) electrons. The van der Waals surface area contributed by atoms with Crippen LogP contribution in [0.4, 0.5) is 0 Å². The molecule has 5 unspecified atom stereocenters. The molecule has 4 N–H and O–H groups in total. The molecule has 1 heterocycles. The van der Waals surface area contributed by atoms with Gasteiger partial charge in [0.2, 0.25) is 0 Å². The Morgan fingerprint density at radius 3 is 2.39 bits per heavy atom. The van der Waals surface area contributed by atoms with Crippen molar-refractivity contribution in [3.8, 4) is 11.5 Å². The fourth-order valence-electron chi connectivity index (χ4n) is 4.22. The number of rotatable bonds is 10. The number of aliphatic hydroxyl groups excluding tert-OH is 3. The molecule has 0 bridgehead atoms. The van der Waals surface area contributed by atoms with E-state index in [9.17, 15) is 30.0 Å². The fourth-order valence-corrected chi connectivity index (χ4v) is 4.22. The van der Waals surface area contributed by atoms with Crippen LogP contribution in [-0.4, -0.2) is 76.8 Å². The Balaban J connectivity index is 1.90. The topological polar surface area (TPSA) is 152 Å². The maximum Gasteiger partial charge on any atom is 0.334 e. The van der Waals surface area contributed by atoms with E-state index in [2.05, 4.69) is 0 Å². The van der Waals surface area contributed by atoms with Crippen molar-refractivity contribution in [1.82, 2.24) is 0 Å². The van der Waals surface area contributed by atoms with E-state index >= 15 is 0 Å². The Labute approximate surface area is 221 Å². The molecule has 0 aliphatic carbocycles. The van der Waals surface area contributed by atoms with E-state index < -0.39 is 42.6 Å². The number of ether oxygens (including phenoxy) is 4. The van der Waals surface area contributed by atoms with Crippen LogP contribution in [0.15, 0.2) is 48.0 Å². The monoisotopic (exact) mass is 530 g/mol. The van der Waals surface area contributed by atoms with Gasteiger partial charge in [0, 0.05) is 19.1 Å². The molecule has 1 aliphatic heterocycles. The molecule has 2 aromatic rings. The van der Waals surface area contributed by atoms with Gasteiger partial charge in [-0.15, -0.1) is 0 Å². The molecule has 10 heteroatoms. The van der Waals surface area contributed by atoms with Crippen molar-refractivity contribution in [2.75, 3.05) is 13.7 Å². The summed E-state index contributed by atoms with van der Waals surface area (Å²) in [6.45, 7) is 2.66. The van der Waals surface area contributed by atoms with Crippen LogP contribution in [0.25, 0.3) is 6.08 Å². The van der Waals surface area contributed by atoms with Gasteiger partial charge in [-0.3, -0.25) is 4.79 Å². The van der Waals surface area contributed by atoms with Crippen LogP contribution in [-0.2, 0) is 36.6 Å². The number of phenols is 1. The lowest BCUT2D eigenvalue weighted by atomic mass is 9.98. The number of carbonyl (C=O) groups is 2. The van der Waals surface area contributed by atoms with Crippen LogP contribution in [0.3, 0.4) is 0 Å². The third-order valence-corrected chi connectivity index (χ3v) is 6.20. The highest BCUT2D eigenvalue weighted by Crippen LogP contribution is 2.29. The molecule has 10 nitrogen and oxygen atoms in total. The average molecular weight is 531 g/mol. The first-order chi connectivity index (χ1) is 18.1. The highest BCUT2D eigenvalue weighted by atomic mass is 16.7. The highest BCUT2D eigenvalue weighted by Gasteiger charge is 2.47. The Kier molecular flexibility index (Phi) is 10.3. The zero-order valence-electron chi connectivity index (χ0n) is 21.6. The van der Waals surface area contributed by atoms with Crippen LogP contribution in [0, 0.1) is 0 Å². The highest BCUT2D eigenvalue weighted by molar-refractivity contribution is 5.94. The summed E-state index contributed by atoms with van der Waals surface area (Å²) in [6, 6.07) is 12.2. The molecule has 1 fully saturated rings. The maximum absolute atomic E-state index is 13.4. The Bertz CT molecular complexity index is 1140. The zero-order chi connectivity index (χ0) is 27.8. The SMILES string of the molecule is COc1cc(C=C(CCc2cccc(CCO)c2)C(=O)OC2C(O)OC(C)C(O)C2OC(C)=O)ccc1O. The number of carbonyl (C=O) groups excluding carboxylic acids is 2. The molecule has 206 valence electrons. The standard InChI is InChI=1S/C28H34O10/c1-16-24(32)25(37-17(2)30)26(28(34)36-16)38-27(33)21(14-20-8-10-22(31)23(15-20)35-3)9-7-18-5-4-6-19(13-18)11-12-29/h4-6,8,10,13-16,24-26,28-29,31-32,34H,7,9,11-12H2,1-3H3. The minimum Gasteiger partial charge on any atom is -0.504 e. The van der Waals surface area contributed by atoms with Gasteiger partial charge < -0.3 is 39.4 Å². The van der Waals surface area contributed by atoms with Gasteiger partial charge in [0.1, 0.15) is 6.10 Å². The zero-order valence-corrected chi connectivity index (χ0v) is 21.6. The van der Waals surface area contributed by atoms with Crippen LogP contribution in [0.5, 0.6) is 11.5 Å². The molecule has 5 atom stereocenters. The van der Waals surface area contributed by atoms with Crippen LogP contribution < -0.4 is 4.74 Å². The Morgan fingerprint density at radius 1 is 1.03 bits per heavy atom. The predicted molar refractivity (Wildman–Crippen MR) is 136 cm³/mol. The number of methoxy groups -OCH3 is 1. The average Bonchev–Trinajstić information content (AvgIpc) is 2.88. The number of aromatic hydroxyl groups is 1. The molecular formula is C28H34O10. The van der Waals surface area contributed by atoms with Gasteiger partial charge >= 0.3 is 11.9 Å². The van der Waals surface area contributed by atoms with Crippen molar-refractivity contribution in [3.05, 3.63) is 64.7 Å². The minimum absolute atomic E-state index is 0.0172. The molecule has 0 spiro atoms. The van der Waals surface area contributed by atoms with Crippen molar-refractivity contribution in [3.63, 3.8) is 0 Å². The van der Waals surface area contributed by atoms with Crippen molar-refractivity contribution >= 4 is 18.0 Å². The number of hydrogen-bond donors (Lipinski definition) is 4. The van der Waals surface area contributed by atoms with Crippen molar-refractivity contribution in [2.24, 2.45) is 0 Å². The van der Waals surface area contributed by atoms with E-state index in [1.54, 1.807) is 18.2 Å². The third kappa shape index (κ3) is 7.55. The largest absolute Gasteiger partial charge is 0.504 e. The molecule has 1 saturated heterocycles.